The van der Waals surface area contributed by atoms with E-state index in [1.807, 2.05) is 13.0 Å². The maximum atomic E-state index is 13.6. The molecule has 0 spiro atoms. The number of furan rings is 1. The van der Waals surface area contributed by atoms with E-state index in [4.69, 9.17) is 18.6 Å². The van der Waals surface area contributed by atoms with Crippen LogP contribution >= 0.6 is 11.3 Å². The smallest absolute Gasteiger partial charge is 0.338 e. The second-order valence-electron chi connectivity index (χ2n) is 7.75. The Morgan fingerprint density at radius 2 is 1.97 bits per heavy atom. The molecule has 0 N–H and O–H groups in total. The summed E-state index contributed by atoms with van der Waals surface area (Å²) in [5, 5.41) is 0. The van der Waals surface area contributed by atoms with E-state index in [-0.39, 0.29) is 29.2 Å². The molecule has 1 aliphatic rings. The lowest BCUT2D eigenvalue weighted by atomic mass is 9.95. The summed E-state index contributed by atoms with van der Waals surface area (Å²) in [5.74, 6) is 0.699. The van der Waals surface area contributed by atoms with Gasteiger partial charge in [-0.2, -0.15) is 0 Å². The van der Waals surface area contributed by atoms with Gasteiger partial charge in [0.1, 0.15) is 11.5 Å². The molecule has 1 atom stereocenters. The number of carbonyl (C=O) groups excluding carboxylic acids is 2. The van der Waals surface area contributed by atoms with Crippen LogP contribution in [-0.4, -0.2) is 30.2 Å². The predicted molar refractivity (Wildman–Crippen MR) is 128 cm³/mol. The van der Waals surface area contributed by atoms with E-state index in [2.05, 4.69) is 4.99 Å². The number of nitrogens with zero attached hydrogens (tertiary/aromatic N) is 2. The minimum atomic E-state index is -0.828. The van der Waals surface area contributed by atoms with Crippen LogP contribution in [0.5, 0.6) is 11.5 Å². The van der Waals surface area contributed by atoms with E-state index in [0.29, 0.717) is 26.4 Å². The van der Waals surface area contributed by atoms with Crippen LogP contribution in [0, 0.1) is 6.92 Å². The average Bonchev–Trinajstić information content (AvgIpc) is 3.35. The first kappa shape index (κ1) is 24.2. The van der Waals surface area contributed by atoms with Crippen molar-refractivity contribution in [1.29, 1.82) is 0 Å². The van der Waals surface area contributed by atoms with Gasteiger partial charge in [-0.1, -0.05) is 17.4 Å². The van der Waals surface area contributed by atoms with Crippen molar-refractivity contribution < 1.29 is 28.2 Å². The standard InChI is InChI=1S/C25H24N2O7S/c1-6-32-24(30)21-14(3)26-25-27(23(29)20(35-25)12-17-9-7-13(2)33-17)22(21)16-8-10-18(34-15(4)28)19(11-16)31-5/h7-12,22H,6H2,1-5H3/b20-12+/t22-/m1/s1. The van der Waals surface area contributed by atoms with Crippen molar-refractivity contribution in [2.45, 2.75) is 33.7 Å². The number of aromatic nitrogens is 1. The lowest BCUT2D eigenvalue weighted by molar-refractivity contribution is -0.139. The van der Waals surface area contributed by atoms with Gasteiger partial charge in [-0.3, -0.25) is 14.2 Å². The van der Waals surface area contributed by atoms with Gasteiger partial charge in [0.15, 0.2) is 16.3 Å². The highest BCUT2D eigenvalue weighted by Gasteiger charge is 2.34. The summed E-state index contributed by atoms with van der Waals surface area (Å²) < 4.78 is 23.4. The summed E-state index contributed by atoms with van der Waals surface area (Å²) in [6.45, 7) is 6.69. The fraction of sp³-hybridized carbons (Fsp3) is 0.280. The number of ether oxygens (including phenoxy) is 3. The van der Waals surface area contributed by atoms with E-state index >= 15 is 0 Å². The van der Waals surface area contributed by atoms with E-state index < -0.39 is 18.0 Å². The van der Waals surface area contributed by atoms with Crippen LogP contribution < -0.4 is 24.4 Å². The molecular formula is C25H24N2O7S. The third-order valence-corrected chi connectivity index (χ3v) is 6.29. The van der Waals surface area contributed by atoms with E-state index in [1.165, 1.54) is 29.9 Å². The van der Waals surface area contributed by atoms with Crippen LogP contribution in [0.3, 0.4) is 0 Å². The third-order valence-electron chi connectivity index (χ3n) is 5.31. The van der Waals surface area contributed by atoms with Gasteiger partial charge in [0.25, 0.3) is 5.56 Å². The van der Waals surface area contributed by atoms with Gasteiger partial charge in [0.05, 0.1) is 35.6 Å². The number of benzene rings is 1. The van der Waals surface area contributed by atoms with Crippen molar-refractivity contribution in [2.75, 3.05) is 13.7 Å². The van der Waals surface area contributed by atoms with Crippen molar-refractivity contribution >= 4 is 29.4 Å². The maximum Gasteiger partial charge on any atom is 0.338 e. The molecule has 0 unspecified atom stereocenters. The van der Waals surface area contributed by atoms with Gasteiger partial charge in [0.2, 0.25) is 0 Å². The van der Waals surface area contributed by atoms with Crippen LogP contribution in [0.25, 0.3) is 6.08 Å². The monoisotopic (exact) mass is 496 g/mol. The van der Waals surface area contributed by atoms with Crippen LogP contribution in [0.1, 0.15) is 43.9 Å². The Kier molecular flexibility index (Phi) is 6.74. The summed E-state index contributed by atoms with van der Waals surface area (Å²) in [5.41, 5.74) is 0.918. The van der Waals surface area contributed by atoms with Crippen molar-refractivity contribution in [3.05, 3.63) is 78.4 Å². The SMILES string of the molecule is CCOC(=O)C1=C(C)N=c2s/c(=C/c3ccc(C)o3)c(=O)n2[C@@H]1c1ccc(OC(C)=O)c(OC)c1. The molecule has 9 nitrogen and oxygen atoms in total. The van der Waals surface area contributed by atoms with Gasteiger partial charge in [-0.25, -0.2) is 9.79 Å². The Labute approximate surface area is 204 Å². The first-order valence-electron chi connectivity index (χ1n) is 10.9. The van der Waals surface area contributed by atoms with E-state index in [9.17, 15) is 14.4 Å². The van der Waals surface area contributed by atoms with Gasteiger partial charge in [-0.15, -0.1) is 0 Å². The zero-order chi connectivity index (χ0) is 25.3. The molecule has 182 valence electrons. The normalized spacial score (nSPS) is 15.5. The minimum absolute atomic E-state index is 0.166. The van der Waals surface area contributed by atoms with Crippen molar-refractivity contribution in [1.82, 2.24) is 4.57 Å². The Hall–Kier alpha value is -3.92. The zero-order valence-electron chi connectivity index (χ0n) is 19.9. The molecule has 0 saturated carbocycles. The lowest BCUT2D eigenvalue weighted by Gasteiger charge is -2.25. The van der Waals surface area contributed by atoms with E-state index in [0.717, 1.165) is 5.76 Å². The van der Waals surface area contributed by atoms with Gasteiger partial charge in [0, 0.05) is 13.0 Å². The molecule has 0 amide bonds. The second-order valence-corrected chi connectivity index (χ2v) is 8.76. The summed E-state index contributed by atoms with van der Waals surface area (Å²) in [4.78, 5) is 43.0. The highest BCUT2D eigenvalue weighted by Crippen LogP contribution is 2.36. The van der Waals surface area contributed by atoms with Crippen LogP contribution in [0.4, 0.5) is 0 Å². The second kappa shape index (κ2) is 9.75. The number of hydrogen-bond donors (Lipinski definition) is 0. The van der Waals surface area contributed by atoms with E-state index in [1.54, 1.807) is 44.2 Å². The average molecular weight is 497 g/mol. The molecule has 3 aromatic rings. The number of hydrogen-bond acceptors (Lipinski definition) is 9. The Morgan fingerprint density at radius 3 is 2.60 bits per heavy atom. The van der Waals surface area contributed by atoms with Crippen LogP contribution in [0.2, 0.25) is 0 Å². The molecule has 0 radical (unpaired) electrons. The molecule has 35 heavy (non-hydrogen) atoms. The third kappa shape index (κ3) is 4.69. The number of fused-ring (bicyclic) bond motifs is 1. The quantitative estimate of drug-likeness (QED) is 0.381. The number of carbonyl (C=O) groups is 2. The van der Waals surface area contributed by atoms with Crippen molar-refractivity contribution in [3.63, 3.8) is 0 Å². The van der Waals surface area contributed by atoms with Crippen molar-refractivity contribution in [3.8, 4) is 11.5 Å². The number of methoxy groups -OCH3 is 1. The number of thiazole rings is 1. The number of allylic oxidation sites excluding steroid dienone is 1. The molecule has 0 aliphatic carbocycles. The summed E-state index contributed by atoms with van der Waals surface area (Å²) in [6.07, 6.45) is 1.65. The Balaban J connectivity index is 1.95. The first-order chi connectivity index (χ1) is 16.7. The molecule has 0 fully saturated rings. The highest BCUT2D eigenvalue weighted by atomic mass is 32.1. The Morgan fingerprint density at radius 1 is 1.20 bits per heavy atom. The maximum absolute atomic E-state index is 13.6. The Bertz CT molecular complexity index is 1520. The van der Waals surface area contributed by atoms with Crippen LogP contribution in [0.15, 0.2) is 55.8 Å². The zero-order valence-corrected chi connectivity index (χ0v) is 20.7. The molecule has 0 saturated heterocycles. The molecule has 10 heteroatoms. The lowest BCUT2D eigenvalue weighted by Crippen LogP contribution is -2.39. The molecule has 0 bridgehead atoms. The fourth-order valence-electron chi connectivity index (χ4n) is 3.86. The van der Waals surface area contributed by atoms with Crippen LogP contribution in [-0.2, 0) is 14.3 Å². The van der Waals surface area contributed by atoms with Gasteiger partial charge >= 0.3 is 11.9 Å². The molecule has 1 aromatic carbocycles. The molecule has 3 heterocycles. The number of rotatable bonds is 6. The molecule has 4 rings (SSSR count). The van der Waals surface area contributed by atoms with Crippen molar-refractivity contribution in [2.24, 2.45) is 4.99 Å². The molecular weight excluding hydrogens is 472 g/mol. The summed E-state index contributed by atoms with van der Waals surface area (Å²) in [7, 11) is 1.44. The summed E-state index contributed by atoms with van der Waals surface area (Å²) >= 11 is 1.20. The predicted octanol–water partition coefficient (Wildman–Crippen LogP) is 2.63. The number of aryl methyl sites for hydroxylation is 1. The molecule has 2 aromatic heterocycles. The minimum Gasteiger partial charge on any atom is -0.493 e. The van der Waals surface area contributed by atoms with Gasteiger partial charge in [-0.05, 0) is 50.6 Å². The summed E-state index contributed by atoms with van der Waals surface area (Å²) in [6, 6.07) is 7.63. The highest BCUT2D eigenvalue weighted by molar-refractivity contribution is 7.07. The number of esters is 2. The fourth-order valence-corrected chi connectivity index (χ4v) is 4.89. The first-order valence-corrected chi connectivity index (χ1v) is 11.7. The van der Waals surface area contributed by atoms with Gasteiger partial charge < -0.3 is 18.6 Å². The topological polar surface area (TPSA) is 109 Å². The largest absolute Gasteiger partial charge is 0.493 e. The molecule has 1 aliphatic heterocycles.